The van der Waals surface area contributed by atoms with Gasteiger partial charge in [0.15, 0.2) is 17.7 Å². The zero-order valence-electron chi connectivity index (χ0n) is 20.0. The summed E-state index contributed by atoms with van der Waals surface area (Å²) in [7, 11) is 2.00. The van der Waals surface area contributed by atoms with Crippen LogP contribution in [0.25, 0.3) is 0 Å². The average Bonchev–Trinajstić information content (AvgIpc) is 3.69. The summed E-state index contributed by atoms with van der Waals surface area (Å²) in [5.41, 5.74) is 2.45. The normalized spacial score (nSPS) is 12.8. The summed E-state index contributed by atoms with van der Waals surface area (Å²) < 4.78 is 5.64. The van der Waals surface area contributed by atoms with Crippen LogP contribution in [0.5, 0.6) is 5.75 Å². The van der Waals surface area contributed by atoms with Crippen LogP contribution >= 0.6 is 0 Å². The Hall–Kier alpha value is -2.87. The topological polar surface area (TPSA) is 115 Å². The maximum Gasteiger partial charge on any atom is 0.162 e. The third kappa shape index (κ3) is 11.0. The van der Waals surface area contributed by atoms with Gasteiger partial charge in [0.25, 0.3) is 0 Å². The van der Waals surface area contributed by atoms with Crippen molar-refractivity contribution in [3.63, 3.8) is 0 Å². The zero-order valence-corrected chi connectivity index (χ0v) is 20.0. The first-order valence-electron chi connectivity index (χ1n) is 11.0. The Balaban J connectivity index is 0.00000129. The molecule has 33 heavy (non-hydrogen) atoms. The Morgan fingerprint density at radius 2 is 1.64 bits per heavy atom. The maximum absolute atomic E-state index is 10.9. The molecule has 0 aliphatic heterocycles. The number of aliphatic hydroxyl groups is 2. The Bertz CT molecular complexity index is 858. The van der Waals surface area contributed by atoms with Crippen molar-refractivity contribution in [2.45, 2.75) is 45.3 Å². The lowest BCUT2D eigenvalue weighted by molar-refractivity contribution is -0.118. The molecule has 2 aromatic carbocycles. The number of aliphatic hydroxyl groups excluding tert-OH is 2. The Morgan fingerprint density at radius 3 is 2.18 bits per heavy atom. The molecule has 0 atom stereocenters. The molecule has 0 heterocycles. The summed E-state index contributed by atoms with van der Waals surface area (Å²) in [6.07, 6.45) is 6.03. The lowest BCUT2D eigenvalue weighted by Crippen LogP contribution is -2.29. The van der Waals surface area contributed by atoms with Crippen LogP contribution in [0.3, 0.4) is 0 Å². The van der Waals surface area contributed by atoms with Crippen molar-refractivity contribution in [3.05, 3.63) is 65.2 Å². The average molecular weight is 456 g/mol. The van der Waals surface area contributed by atoms with E-state index in [1.807, 2.05) is 54.7 Å². The molecule has 0 unspecified atom stereocenters. The van der Waals surface area contributed by atoms with Gasteiger partial charge in [0.05, 0.1) is 0 Å². The van der Waals surface area contributed by atoms with Crippen molar-refractivity contribution >= 4 is 18.3 Å². The second-order valence-electron chi connectivity index (χ2n) is 8.06. The second-order valence-corrected chi connectivity index (χ2v) is 8.06. The predicted octanol–water partition coefficient (Wildman–Crippen LogP) is 3.40. The van der Waals surface area contributed by atoms with Gasteiger partial charge in [0, 0.05) is 32.5 Å². The number of benzene rings is 2. The van der Waals surface area contributed by atoms with Crippen LogP contribution in [0, 0.1) is 11.3 Å². The number of carbonyl (C=O) groups excluding carboxylic acids is 1. The molecular weight excluding hydrogens is 418 g/mol. The highest BCUT2D eigenvalue weighted by Crippen LogP contribution is 2.26. The lowest BCUT2D eigenvalue weighted by atomic mass is 10.1. The lowest BCUT2D eigenvalue weighted by Gasteiger charge is -2.19. The molecule has 0 spiro atoms. The number of hydrogen-bond donors (Lipinski definition) is 4. The van der Waals surface area contributed by atoms with Crippen LogP contribution in [0.1, 0.15) is 43.4 Å². The summed E-state index contributed by atoms with van der Waals surface area (Å²) in [6, 6.07) is 15.9. The smallest absolute Gasteiger partial charge is 0.162 e. The van der Waals surface area contributed by atoms with Crippen LogP contribution < -0.4 is 10.1 Å². The first kappa shape index (κ1) is 28.2. The molecule has 3 rings (SSSR count). The van der Waals surface area contributed by atoms with Crippen LogP contribution in [-0.4, -0.2) is 54.9 Å². The fraction of sp³-hybridized carbons (Fsp3) is 0.423. The number of nitrogens with one attached hydrogen (secondary N) is 2. The minimum absolute atomic E-state index is 0.334. The van der Waals surface area contributed by atoms with Gasteiger partial charge < -0.3 is 20.3 Å². The van der Waals surface area contributed by atoms with Crippen molar-refractivity contribution in [1.29, 1.82) is 5.41 Å². The molecule has 1 saturated carbocycles. The Labute approximate surface area is 197 Å². The van der Waals surface area contributed by atoms with Gasteiger partial charge in [-0.1, -0.05) is 36.4 Å². The number of ether oxygens (including phenoxy) is 1. The number of nitrogens with zero attached hydrogens (tertiary/aromatic N) is 1. The van der Waals surface area contributed by atoms with Gasteiger partial charge in [-0.05, 0) is 68.8 Å². The van der Waals surface area contributed by atoms with E-state index in [4.69, 9.17) is 20.4 Å². The van der Waals surface area contributed by atoms with Crippen LogP contribution in [-0.2, 0) is 17.8 Å². The second kappa shape index (κ2) is 15.1. The molecule has 0 amide bonds. The minimum Gasteiger partial charge on any atom is -0.480 e. The molecule has 7 heteroatoms. The zero-order chi connectivity index (χ0) is 24.7. The van der Waals surface area contributed by atoms with E-state index in [9.17, 15) is 4.79 Å². The number of amidine groups is 1. The standard InChI is InChI=1S/C24H29N3O2.2CH4O/c1-24(2,17-28)29-22-11-7-18(8-12-22)13-14-26-15-19-5-9-21(10-6-19)23(25)27-16-20-3-4-20;2*1-2/h5-12,16-17,20,25-26H,3-4,13-15H2,1-2H3;2*2H,1H3. The summed E-state index contributed by atoms with van der Waals surface area (Å²) >= 11 is 0. The van der Waals surface area contributed by atoms with Crippen molar-refractivity contribution in [2.75, 3.05) is 20.8 Å². The summed E-state index contributed by atoms with van der Waals surface area (Å²) in [4.78, 5) is 15.2. The van der Waals surface area contributed by atoms with E-state index >= 15 is 0 Å². The highest BCUT2D eigenvalue weighted by Gasteiger charge is 2.19. The van der Waals surface area contributed by atoms with Crippen molar-refractivity contribution in [1.82, 2.24) is 5.32 Å². The summed E-state index contributed by atoms with van der Waals surface area (Å²) in [5.74, 6) is 1.62. The van der Waals surface area contributed by atoms with E-state index in [0.717, 1.165) is 45.6 Å². The Morgan fingerprint density at radius 1 is 1.06 bits per heavy atom. The molecule has 0 bridgehead atoms. The number of rotatable bonds is 10. The van der Waals surface area contributed by atoms with Gasteiger partial charge in [0.1, 0.15) is 5.75 Å². The molecule has 2 aromatic rings. The SMILES string of the molecule is CC(C)(C=O)Oc1ccc(CCNCc2ccc(C(=N)N=CC3CC3)cc2)cc1.CO.CO. The molecule has 1 fully saturated rings. The molecule has 1 aliphatic carbocycles. The number of hydrogen-bond acceptors (Lipinski definition) is 6. The van der Waals surface area contributed by atoms with Gasteiger partial charge in [-0.3, -0.25) is 10.2 Å². The molecule has 0 radical (unpaired) electrons. The molecule has 7 nitrogen and oxygen atoms in total. The Kier molecular flexibility index (Phi) is 12.8. The summed E-state index contributed by atoms with van der Waals surface area (Å²) in [5, 5.41) is 25.5. The number of aldehydes is 1. The number of carbonyl (C=O) groups is 1. The van der Waals surface area contributed by atoms with Crippen molar-refractivity contribution < 1.29 is 19.7 Å². The largest absolute Gasteiger partial charge is 0.480 e. The van der Waals surface area contributed by atoms with Gasteiger partial charge in [-0.15, -0.1) is 0 Å². The van der Waals surface area contributed by atoms with Crippen molar-refractivity contribution in [3.8, 4) is 5.75 Å². The molecule has 0 aromatic heterocycles. The van der Waals surface area contributed by atoms with Crippen LogP contribution in [0.15, 0.2) is 53.5 Å². The monoisotopic (exact) mass is 455 g/mol. The van der Waals surface area contributed by atoms with E-state index in [-0.39, 0.29) is 0 Å². The van der Waals surface area contributed by atoms with Gasteiger partial charge in [-0.2, -0.15) is 0 Å². The van der Waals surface area contributed by atoms with E-state index in [1.54, 1.807) is 13.8 Å². The molecular formula is C26H37N3O4. The molecule has 0 saturated heterocycles. The number of aliphatic imine (C=N–C) groups is 1. The quantitative estimate of drug-likeness (QED) is 0.190. The van der Waals surface area contributed by atoms with E-state index in [2.05, 4.69) is 10.3 Å². The molecule has 1 aliphatic rings. The molecule has 180 valence electrons. The third-order valence-electron chi connectivity index (χ3n) is 4.77. The van der Waals surface area contributed by atoms with Crippen LogP contribution in [0.2, 0.25) is 0 Å². The van der Waals surface area contributed by atoms with Gasteiger partial charge >= 0.3 is 0 Å². The maximum atomic E-state index is 10.9. The molecule has 4 N–H and O–H groups in total. The van der Waals surface area contributed by atoms with E-state index in [0.29, 0.717) is 17.5 Å². The van der Waals surface area contributed by atoms with Crippen molar-refractivity contribution in [2.24, 2.45) is 10.9 Å². The van der Waals surface area contributed by atoms with Gasteiger partial charge in [-0.25, -0.2) is 4.99 Å². The van der Waals surface area contributed by atoms with Crippen LogP contribution in [0.4, 0.5) is 0 Å². The minimum atomic E-state index is -0.805. The first-order chi connectivity index (χ1) is 15.9. The predicted molar refractivity (Wildman–Crippen MR) is 133 cm³/mol. The van der Waals surface area contributed by atoms with Gasteiger partial charge in [0.2, 0.25) is 0 Å². The highest BCUT2D eigenvalue weighted by atomic mass is 16.5. The fourth-order valence-corrected chi connectivity index (χ4v) is 2.80. The van der Waals surface area contributed by atoms with E-state index < -0.39 is 5.60 Å². The third-order valence-corrected chi connectivity index (χ3v) is 4.77. The summed E-state index contributed by atoms with van der Waals surface area (Å²) in [6.45, 7) is 5.14. The van der Waals surface area contributed by atoms with E-state index in [1.165, 1.54) is 24.0 Å². The first-order valence-corrected chi connectivity index (χ1v) is 11.0. The fourth-order valence-electron chi connectivity index (χ4n) is 2.80. The highest BCUT2D eigenvalue weighted by molar-refractivity contribution is 6.01.